The van der Waals surface area contributed by atoms with Gasteiger partial charge in [-0.05, 0) is 12.5 Å². The summed E-state index contributed by atoms with van der Waals surface area (Å²) in [5.74, 6) is 0.696. The number of hydrogen-bond acceptors (Lipinski definition) is 3. The second-order valence-corrected chi connectivity index (χ2v) is 4.51. The normalized spacial score (nSPS) is 10.6. The quantitative estimate of drug-likeness (QED) is 0.671. The predicted molar refractivity (Wildman–Crippen MR) is 74.3 cm³/mol. The molecule has 0 unspecified atom stereocenters. The van der Waals surface area contributed by atoms with Gasteiger partial charge in [-0.15, -0.1) is 0 Å². The third kappa shape index (κ3) is 2.22. The number of halogens is 1. The molecule has 1 aromatic carbocycles. The van der Waals surface area contributed by atoms with Crippen LogP contribution in [-0.4, -0.2) is 19.7 Å². The van der Waals surface area contributed by atoms with E-state index in [0.717, 1.165) is 16.7 Å². The fourth-order valence-corrected chi connectivity index (χ4v) is 2.00. The predicted octanol–water partition coefficient (Wildman–Crippen LogP) is 3.29. The lowest BCUT2D eigenvalue weighted by atomic mass is 10.1. The largest absolute Gasteiger partial charge is 0.224 e. The van der Waals surface area contributed by atoms with Crippen LogP contribution >= 0.6 is 11.6 Å². The molecule has 94 valence electrons. The number of aromatic nitrogens is 4. The molecule has 0 aliphatic rings. The SMILES string of the molecule is Cc1c(Cl)ncnc1-n1cc(-c2ccccc2)cn1. The molecule has 0 N–H and O–H groups in total. The summed E-state index contributed by atoms with van der Waals surface area (Å²) in [4.78, 5) is 8.16. The van der Waals surface area contributed by atoms with Gasteiger partial charge < -0.3 is 0 Å². The van der Waals surface area contributed by atoms with Crippen molar-refractivity contribution in [3.05, 3.63) is 59.8 Å². The first-order valence-corrected chi connectivity index (χ1v) is 6.21. The molecule has 2 heterocycles. The van der Waals surface area contributed by atoms with E-state index in [4.69, 9.17) is 11.6 Å². The lowest BCUT2D eigenvalue weighted by Crippen LogP contribution is -2.02. The Bertz CT molecular complexity index is 706. The number of rotatable bonds is 2. The minimum absolute atomic E-state index is 0.446. The third-order valence-corrected chi connectivity index (χ3v) is 3.28. The van der Waals surface area contributed by atoms with Gasteiger partial charge in [-0.3, -0.25) is 0 Å². The van der Waals surface area contributed by atoms with Gasteiger partial charge in [0.15, 0.2) is 5.82 Å². The molecule has 0 radical (unpaired) electrons. The molecule has 0 spiro atoms. The Kier molecular flexibility index (Phi) is 3.01. The second-order valence-electron chi connectivity index (χ2n) is 4.15. The van der Waals surface area contributed by atoms with E-state index in [2.05, 4.69) is 15.1 Å². The van der Waals surface area contributed by atoms with Gasteiger partial charge in [0.25, 0.3) is 0 Å². The molecule has 0 saturated heterocycles. The molecule has 0 aliphatic heterocycles. The van der Waals surface area contributed by atoms with E-state index in [-0.39, 0.29) is 0 Å². The summed E-state index contributed by atoms with van der Waals surface area (Å²) in [5, 5.41) is 4.78. The van der Waals surface area contributed by atoms with Gasteiger partial charge in [0.2, 0.25) is 0 Å². The summed E-state index contributed by atoms with van der Waals surface area (Å²) in [6.07, 6.45) is 5.18. The average molecular weight is 271 g/mol. The van der Waals surface area contributed by atoms with Gasteiger partial charge in [-0.1, -0.05) is 41.9 Å². The second kappa shape index (κ2) is 4.82. The van der Waals surface area contributed by atoms with Crippen LogP contribution in [0.5, 0.6) is 0 Å². The summed E-state index contributed by atoms with van der Waals surface area (Å²) in [7, 11) is 0. The molecule has 0 bridgehead atoms. The van der Waals surface area contributed by atoms with E-state index in [1.165, 1.54) is 6.33 Å². The minimum Gasteiger partial charge on any atom is -0.224 e. The van der Waals surface area contributed by atoms with Gasteiger partial charge in [0, 0.05) is 17.3 Å². The van der Waals surface area contributed by atoms with Crippen LogP contribution in [-0.2, 0) is 0 Å². The minimum atomic E-state index is 0.446. The molecule has 4 nitrogen and oxygen atoms in total. The van der Waals surface area contributed by atoms with E-state index in [9.17, 15) is 0 Å². The summed E-state index contributed by atoms with van der Waals surface area (Å²) in [5.41, 5.74) is 2.97. The van der Waals surface area contributed by atoms with Crippen LogP contribution in [0.1, 0.15) is 5.56 Å². The van der Waals surface area contributed by atoms with Crippen LogP contribution in [0.25, 0.3) is 16.9 Å². The van der Waals surface area contributed by atoms with Crippen LogP contribution < -0.4 is 0 Å². The lowest BCUT2D eigenvalue weighted by molar-refractivity contribution is 0.829. The highest BCUT2D eigenvalue weighted by Gasteiger charge is 2.09. The van der Waals surface area contributed by atoms with Crippen molar-refractivity contribution in [2.75, 3.05) is 0 Å². The van der Waals surface area contributed by atoms with Crippen LogP contribution in [0.4, 0.5) is 0 Å². The van der Waals surface area contributed by atoms with E-state index >= 15 is 0 Å². The topological polar surface area (TPSA) is 43.6 Å². The maximum Gasteiger partial charge on any atom is 0.161 e. The van der Waals surface area contributed by atoms with Crippen molar-refractivity contribution >= 4 is 11.6 Å². The Morgan fingerprint density at radius 1 is 1.05 bits per heavy atom. The lowest BCUT2D eigenvalue weighted by Gasteiger charge is -2.04. The number of hydrogen-bond donors (Lipinski definition) is 0. The Labute approximate surface area is 115 Å². The van der Waals surface area contributed by atoms with Crippen molar-refractivity contribution < 1.29 is 0 Å². The van der Waals surface area contributed by atoms with Gasteiger partial charge in [-0.25, -0.2) is 14.6 Å². The number of nitrogens with zero attached hydrogens (tertiary/aromatic N) is 4. The van der Waals surface area contributed by atoms with Crippen molar-refractivity contribution in [2.45, 2.75) is 6.92 Å². The first-order chi connectivity index (χ1) is 9.25. The maximum absolute atomic E-state index is 6.00. The smallest absolute Gasteiger partial charge is 0.161 e. The molecule has 0 saturated carbocycles. The zero-order valence-electron chi connectivity index (χ0n) is 10.3. The molecular weight excluding hydrogens is 260 g/mol. The maximum atomic E-state index is 6.00. The van der Waals surface area contributed by atoms with Crippen molar-refractivity contribution in [3.8, 4) is 16.9 Å². The summed E-state index contributed by atoms with van der Waals surface area (Å²) in [6.45, 7) is 1.88. The Hall–Kier alpha value is -2.20. The summed E-state index contributed by atoms with van der Waals surface area (Å²) in [6, 6.07) is 10.1. The molecule has 5 heteroatoms. The number of benzene rings is 1. The first kappa shape index (κ1) is 11.9. The molecule has 2 aromatic heterocycles. The van der Waals surface area contributed by atoms with E-state index < -0.39 is 0 Å². The molecule has 0 amide bonds. The molecule has 3 aromatic rings. The molecule has 0 fully saturated rings. The van der Waals surface area contributed by atoms with Crippen molar-refractivity contribution in [3.63, 3.8) is 0 Å². The molecule has 0 atom stereocenters. The molecule has 3 rings (SSSR count). The van der Waals surface area contributed by atoms with Crippen molar-refractivity contribution in [1.82, 2.24) is 19.7 Å². The molecule has 19 heavy (non-hydrogen) atoms. The van der Waals surface area contributed by atoms with Gasteiger partial charge in [-0.2, -0.15) is 5.10 Å². The van der Waals surface area contributed by atoms with E-state index in [1.54, 1.807) is 4.68 Å². The fourth-order valence-electron chi connectivity index (χ4n) is 1.87. The first-order valence-electron chi connectivity index (χ1n) is 5.83. The monoisotopic (exact) mass is 270 g/mol. The van der Waals surface area contributed by atoms with Crippen molar-refractivity contribution in [2.24, 2.45) is 0 Å². The fraction of sp³-hybridized carbons (Fsp3) is 0.0714. The van der Waals surface area contributed by atoms with Gasteiger partial charge >= 0.3 is 0 Å². The van der Waals surface area contributed by atoms with Crippen LogP contribution in [0.15, 0.2) is 49.1 Å². The zero-order chi connectivity index (χ0) is 13.2. The van der Waals surface area contributed by atoms with Gasteiger partial charge in [0.05, 0.1) is 6.20 Å². The Morgan fingerprint density at radius 2 is 1.84 bits per heavy atom. The average Bonchev–Trinajstić information content (AvgIpc) is 2.92. The van der Waals surface area contributed by atoms with E-state index in [1.807, 2.05) is 49.6 Å². The molecular formula is C14H11ClN4. The highest BCUT2D eigenvalue weighted by atomic mass is 35.5. The summed E-state index contributed by atoms with van der Waals surface area (Å²) >= 11 is 6.00. The third-order valence-electron chi connectivity index (χ3n) is 2.90. The van der Waals surface area contributed by atoms with Crippen LogP contribution in [0.2, 0.25) is 5.15 Å². The van der Waals surface area contributed by atoms with Crippen LogP contribution in [0, 0.1) is 6.92 Å². The zero-order valence-corrected chi connectivity index (χ0v) is 11.0. The molecule has 0 aliphatic carbocycles. The van der Waals surface area contributed by atoms with E-state index in [0.29, 0.717) is 11.0 Å². The van der Waals surface area contributed by atoms with Crippen LogP contribution in [0.3, 0.4) is 0 Å². The Morgan fingerprint density at radius 3 is 2.63 bits per heavy atom. The Balaban J connectivity index is 2.05. The summed E-state index contributed by atoms with van der Waals surface area (Å²) < 4.78 is 1.71. The standard InChI is InChI=1S/C14H11ClN4/c1-10-13(15)16-9-17-14(10)19-8-12(7-18-19)11-5-3-2-4-6-11/h2-9H,1H3. The highest BCUT2D eigenvalue weighted by Crippen LogP contribution is 2.21. The van der Waals surface area contributed by atoms with Gasteiger partial charge in [0.1, 0.15) is 11.5 Å². The highest BCUT2D eigenvalue weighted by molar-refractivity contribution is 6.30. The van der Waals surface area contributed by atoms with Crippen molar-refractivity contribution in [1.29, 1.82) is 0 Å².